The van der Waals surface area contributed by atoms with E-state index in [4.69, 9.17) is 4.74 Å². The van der Waals surface area contributed by atoms with Gasteiger partial charge in [0.15, 0.2) is 0 Å². The van der Waals surface area contributed by atoms with E-state index in [-0.39, 0.29) is 29.7 Å². The Morgan fingerprint density at radius 3 is 2.95 bits per heavy atom. The number of ether oxygens (including phenoxy) is 1. The molecular formula is C16H23N3O3. The third kappa shape index (κ3) is 4.53. The molecule has 0 aromatic carbocycles. The molecule has 0 radical (unpaired) electrons. The first-order valence-corrected chi connectivity index (χ1v) is 7.77. The van der Waals surface area contributed by atoms with Crippen molar-refractivity contribution in [1.82, 2.24) is 15.6 Å². The molecule has 2 N–H and O–H groups in total. The summed E-state index contributed by atoms with van der Waals surface area (Å²) in [6.45, 7) is 5.17. The van der Waals surface area contributed by atoms with Crippen LogP contribution in [0.3, 0.4) is 0 Å². The first kappa shape index (κ1) is 16.4. The Labute approximate surface area is 130 Å². The van der Waals surface area contributed by atoms with Crippen molar-refractivity contribution >= 4 is 11.8 Å². The van der Waals surface area contributed by atoms with E-state index < -0.39 is 0 Å². The van der Waals surface area contributed by atoms with Crippen LogP contribution in [0.5, 0.6) is 0 Å². The molecule has 6 nitrogen and oxygen atoms in total. The van der Waals surface area contributed by atoms with Crippen LogP contribution in [0, 0.1) is 0 Å². The molecule has 2 unspecified atom stereocenters. The van der Waals surface area contributed by atoms with Gasteiger partial charge in [-0.1, -0.05) is 6.92 Å². The molecule has 2 atom stereocenters. The van der Waals surface area contributed by atoms with Gasteiger partial charge in [0.1, 0.15) is 5.69 Å². The molecule has 1 aromatic rings. The maximum atomic E-state index is 12.1. The number of nitrogens with one attached hydrogen (secondary N) is 2. The Kier molecular flexibility index (Phi) is 5.89. The monoisotopic (exact) mass is 305 g/mol. The predicted octanol–water partition coefficient (Wildman–Crippen LogP) is 1.52. The molecule has 1 aliphatic rings. The van der Waals surface area contributed by atoms with Crippen LogP contribution in [0.25, 0.3) is 0 Å². The predicted molar refractivity (Wildman–Crippen MR) is 82.8 cm³/mol. The highest BCUT2D eigenvalue weighted by atomic mass is 16.5. The molecule has 1 aliphatic heterocycles. The van der Waals surface area contributed by atoms with Crippen molar-refractivity contribution in [3.05, 3.63) is 29.6 Å². The van der Waals surface area contributed by atoms with Gasteiger partial charge in [0, 0.05) is 31.0 Å². The summed E-state index contributed by atoms with van der Waals surface area (Å²) in [6, 6.07) is 3.22. The second kappa shape index (κ2) is 7.89. The van der Waals surface area contributed by atoms with E-state index in [0.29, 0.717) is 12.1 Å². The van der Waals surface area contributed by atoms with Crippen LogP contribution in [0.2, 0.25) is 0 Å². The number of amides is 2. The summed E-state index contributed by atoms with van der Waals surface area (Å²) in [5, 5.41) is 5.67. The van der Waals surface area contributed by atoms with Gasteiger partial charge in [-0.25, -0.2) is 0 Å². The van der Waals surface area contributed by atoms with Gasteiger partial charge >= 0.3 is 0 Å². The summed E-state index contributed by atoms with van der Waals surface area (Å²) in [5.74, 6) is -0.474. The summed E-state index contributed by atoms with van der Waals surface area (Å²) in [5.41, 5.74) is 0.687. The van der Waals surface area contributed by atoms with Crippen LogP contribution in [0.4, 0.5) is 0 Å². The average molecular weight is 305 g/mol. The summed E-state index contributed by atoms with van der Waals surface area (Å²) in [7, 11) is 0. The lowest BCUT2D eigenvalue weighted by atomic mass is 10.1. The first-order chi connectivity index (χ1) is 10.6. The highest BCUT2D eigenvalue weighted by molar-refractivity contribution is 5.98. The van der Waals surface area contributed by atoms with Crippen molar-refractivity contribution in [3.8, 4) is 0 Å². The van der Waals surface area contributed by atoms with Crippen LogP contribution >= 0.6 is 0 Å². The number of carbonyl (C=O) groups is 2. The zero-order valence-electron chi connectivity index (χ0n) is 13.1. The van der Waals surface area contributed by atoms with Crippen LogP contribution in [-0.2, 0) is 4.74 Å². The van der Waals surface area contributed by atoms with E-state index in [2.05, 4.69) is 15.6 Å². The number of pyridine rings is 1. The van der Waals surface area contributed by atoms with Gasteiger partial charge in [0.25, 0.3) is 11.8 Å². The molecule has 2 heterocycles. The summed E-state index contributed by atoms with van der Waals surface area (Å²) < 4.78 is 5.46. The highest BCUT2D eigenvalue weighted by Gasteiger charge is 2.18. The zero-order valence-corrected chi connectivity index (χ0v) is 13.1. The Morgan fingerprint density at radius 1 is 1.45 bits per heavy atom. The van der Waals surface area contributed by atoms with Crippen molar-refractivity contribution in [2.24, 2.45) is 0 Å². The molecule has 1 saturated heterocycles. The standard InChI is InChI=1S/C16H23N3O3/c1-3-11(2)19-15(20)12-6-7-17-14(9-12)16(21)18-10-13-5-4-8-22-13/h6-7,9,11,13H,3-5,8,10H2,1-2H3,(H,18,21)(H,19,20). The molecular weight excluding hydrogens is 282 g/mol. The lowest BCUT2D eigenvalue weighted by molar-refractivity contribution is 0.0853. The molecule has 0 spiro atoms. The first-order valence-electron chi connectivity index (χ1n) is 7.77. The summed E-state index contributed by atoms with van der Waals surface area (Å²) >= 11 is 0. The molecule has 0 aliphatic carbocycles. The Bertz CT molecular complexity index is 527. The lowest BCUT2D eigenvalue weighted by Gasteiger charge is -2.12. The van der Waals surface area contributed by atoms with Crippen LogP contribution in [0.15, 0.2) is 18.3 Å². The van der Waals surface area contributed by atoms with Gasteiger partial charge in [0.05, 0.1) is 6.10 Å². The fourth-order valence-corrected chi connectivity index (χ4v) is 2.21. The molecule has 22 heavy (non-hydrogen) atoms. The van der Waals surface area contributed by atoms with Gasteiger partial charge in [-0.3, -0.25) is 14.6 Å². The van der Waals surface area contributed by atoms with E-state index in [1.165, 1.54) is 12.3 Å². The topological polar surface area (TPSA) is 80.3 Å². The lowest BCUT2D eigenvalue weighted by Crippen LogP contribution is -2.33. The smallest absolute Gasteiger partial charge is 0.269 e. The second-order valence-corrected chi connectivity index (χ2v) is 5.56. The third-order valence-corrected chi connectivity index (χ3v) is 3.76. The Balaban J connectivity index is 1.94. The molecule has 120 valence electrons. The van der Waals surface area contributed by atoms with Gasteiger partial charge in [0.2, 0.25) is 0 Å². The molecule has 2 amide bonds. The maximum Gasteiger partial charge on any atom is 0.269 e. The fraction of sp³-hybridized carbons (Fsp3) is 0.562. The zero-order chi connectivity index (χ0) is 15.9. The minimum atomic E-state index is -0.284. The second-order valence-electron chi connectivity index (χ2n) is 5.56. The minimum Gasteiger partial charge on any atom is -0.376 e. The van der Waals surface area contributed by atoms with E-state index in [9.17, 15) is 9.59 Å². The Morgan fingerprint density at radius 2 is 2.27 bits per heavy atom. The number of nitrogens with zero attached hydrogens (tertiary/aromatic N) is 1. The van der Waals surface area contributed by atoms with Crippen molar-refractivity contribution in [1.29, 1.82) is 0 Å². The van der Waals surface area contributed by atoms with Crippen molar-refractivity contribution in [2.75, 3.05) is 13.2 Å². The average Bonchev–Trinajstić information content (AvgIpc) is 3.06. The van der Waals surface area contributed by atoms with Gasteiger partial charge in [-0.05, 0) is 38.3 Å². The molecule has 1 aromatic heterocycles. The highest BCUT2D eigenvalue weighted by Crippen LogP contribution is 2.11. The number of carbonyl (C=O) groups excluding carboxylic acids is 2. The molecule has 2 rings (SSSR count). The molecule has 1 fully saturated rings. The molecule has 0 bridgehead atoms. The summed E-state index contributed by atoms with van der Waals surface area (Å²) in [6.07, 6.45) is 4.41. The van der Waals surface area contributed by atoms with E-state index >= 15 is 0 Å². The number of aromatic nitrogens is 1. The third-order valence-electron chi connectivity index (χ3n) is 3.76. The normalized spacial score (nSPS) is 18.7. The van der Waals surface area contributed by atoms with Crippen LogP contribution < -0.4 is 10.6 Å². The fourth-order valence-electron chi connectivity index (χ4n) is 2.21. The number of hydrogen-bond acceptors (Lipinski definition) is 4. The largest absolute Gasteiger partial charge is 0.376 e. The maximum absolute atomic E-state index is 12.1. The molecule has 0 saturated carbocycles. The van der Waals surface area contributed by atoms with Gasteiger partial charge in [-0.15, -0.1) is 0 Å². The van der Waals surface area contributed by atoms with Crippen molar-refractivity contribution in [2.45, 2.75) is 45.3 Å². The number of hydrogen-bond donors (Lipinski definition) is 2. The Hall–Kier alpha value is -1.95. The quantitative estimate of drug-likeness (QED) is 0.835. The van der Waals surface area contributed by atoms with Crippen LogP contribution in [-0.4, -0.2) is 42.1 Å². The SMILES string of the molecule is CCC(C)NC(=O)c1ccnc(C(=O)NCC2CCCO2)c1. The van der Waals surface area contributed by atoms with E-state index in [0.717, 1.165) is 25.9 Å². The minimum absolute atomic E-state index is 0.0841. The van der Waals surface area contributed by atoms with E-state index in [1.54, 1.807) is 6.07 Å². The van der Waals surface area contributed by atoms with Crippen molar-refractivity contribution < 1.29 is 14.3 Å². The summed E-state index contributed by atoms with van der Waals surface area (Å²) in [4.78, 5) is 28.2. The van der Waals surface area contributed by atoms with Crippen molar-refractivity contribution in [3.63, 3.8) is 0 Å². The van der Waals surface area contributed by atoms with E-state index in [1.807, 2.05) is 13.8 Å². The van der Waals surface area contributed by atoms with Crippen LogP contribution in [0.1, 0.15) is 54.0 Å². The van der Waals surface area contributed by atoms with Gasteiger partial charge < -0.3 is 15.4 Å². The molecule has 6 heteroatoms. The number of rotatable bonds is 6. The van der Waals surface area contributed by atoms with Gasteiger partial charge in [-0.2, -0.15) is 0 Å².